The van der Waals surface area contributed by atoms with Crippen LogP contribution < -0.4 is 0 Å². The van der Waals surface area contributed by atoms with Gasteiger partial charge in [0.15, 0.2) is 0 Å². The molecule has 0 amide bonds. The van der Waals surface area contributed by atoms with E-state index in [0.717, 1.165) is 19.3 Å². The highest BCUT2D eigenvalue weighted by atomic mass is 79.9. The van der Waals surface area contributed by atoms with Crippen LogP contribution in [0, 0.1) is 17.0 Å². The minimum atomic E-state index is -0.353. The molecule has 0 aliphatic heterocycles. The lowest BCUT2D eigenvalue weighted by atomic mass is 9.82. The first kappa shape index (κ1) is 12.0. The SMILES string of the molecule is CC1(Cc2cc(F)ccc2F)CCC(Br)C1. The van der Waals surface area contributed by atoms with Gasteiger partial charge in [-0.1, -0.05) is 22.9 Å². The lowest BCUT2D eigenvalue weighted by Crippen LogP contribution is -2.16. The van der Waals surface area contributed by atoms with E-state index in [-0.39, 0.29) is 17.0 Å². The molecule has 0 bridgehead atoms. The van der Waals surface area contributed by atoms with Crippen LogP contribution in [0.2, 0.25) is 0 Å². The van der Waals surface area contributed by atoms with Crippen LogP contribution in [-0.2, 0) is 6.42 Å². The second kappa shape index (κ2) is 4.44. The van der Waals surface area contributed by atoms with Crippen LogP contribution in [0.1, 0.15) is 31.7 Å². The number of halogens is 3. The average molecular weight is 289 g/mol. The fourth-order valence-corrected chi connectivity index (χ4v) is 3.55. The lowest BCUT2D eigenvalue weighted by Gasteiger charge is -2.24. The summed E-state index contributed by atoms with van der Waals surface area (Å²) in [6, 6.07) is 3.71. The van der Waals surface area contributed by atoms with Crippen molar-refractivity contribution in [3.8, 4) is 0 Å². The molecule has 16 heavy (non-hydrogen) atoms. The monoisotopic (exact) mass is 288 g/mol. The first-order valence-corrected chi connectivity index (χ1v) is 6.48. The normalized spacial score (nSPS) is 29.6. The zero-order valence-electron chi connectivity index (χ0n) is 9.27. The van der Waals surface area contributed by atoms with Crippen molar-refractivity contribution in [2.45, 2.75) is 37.4 Å². The Morgan fingerprint density at radius 3 is 2.81 bits per heavy atom. The van der Waals surface area contributed by atoms with Crippen molar-refractivity contribution in [1.82, 2.24) is 0 Å². The van der Waals surface area contributed by atoms with E-state index in [1.165, 1.54) is 18.2 Å². The molecule has 88 valence electrons. The van der Waals surface area contributed by atoms with Crippen molar-refractivity contribution in [3.63, 3.8) is 0 Å². The predicted octanol–water partition coefficient (Wildman–Crippen LogP) is 4.46. The minimum absolute atomic E-state index is 0.100. The molecule has 2 atom stereocenters. The molecule has 2 unspecified atom stereocenters. The number of rotatable bonds is 2. The molecule has 1 aromatic rings. The van der Waals surface area contributed by atoms with Crippen LogP contribution in [0.4, 0.5) is 8.78 Å². The van der Waals surface area contributed by atoms with Crippen molar-refractivity contribution in [2.24, 2.45) is 5.41 Å². The molecule has 0 N–H and O–H groups in total. The van der Waals surface area contributed by atoms with Gasteiger partial charge in [-0.25, -0.2) is 8.78 Å². The molecule has 0 radical (unpaired) electrons. The van der Waals surface area contributed by atoms with Gasteiger partial charge in [0.1, 0.15) is 11.6 Å². The highest BCUT2D eigenvalue weighted by Gasteiger charge is 2.34. The van der Waals surface area contributed by atoms with Crippen molar-refractivity contribution in [1.29, 1.82) is 0 Å². The Labute approximate surface area is 103 Å². The summed E-state index contributed by atoms with van der Waals surface area (Å²) in [5.41, 5.74) is 0.604. The van der Waals surface area contributed by atoms with E-state index in [1.54, 1.807) is 0 Å². The Morgan fingerprint density at radius 1 is 1.44 bits per heavy atom. The lowest BCUT2D eigenvalue weighted by molar-refractivity contribution is 0.330. The van der Waals surface area contributed by atoms with Gasteiger partial charge in [-0.2, -0.15) is 0 Å². The molecular formula is C13H15BrF2. The van der Waals surface area contributed by atoms with Gasteiger partial charge in [-0.05, 0) is 54.9 Å². The van der Waals surface area contributed by atoms with Crippen molar-refractivity contribution < 1.29 is 8.78 Å². The largest absolute Gasteiger partial charge is 0.207 e. The molecule has 3 heteroatoms. The van der Waals surface area contributed by atoms with Gasteiger partial charge in [0.25, 0.3) is 0 Å². The summed E-state index contributed by atoms with van der Waals surface area (Å²) in [5, 5.41) is 0. The van der Waals surface area contributed by atoms with Crippen LogP contribution in [-0.4, -0.2) is 4.83 Å². The molecule has 1 saturated carbocycles. The second-order valence-electron chi connectivity index (χ2n) is 5.06. The van der Waals surface area contributed by atoms with E-state index < -0.39 is 0 Å². The van der Waals surface area contributed by atoms with E-state index in [2.05, 4.69) is 22.9 Å². The fourth-order valence-electron chi connectivity index (χ4n) is 2.54. The van der Waals surface area contributed by atoms with E-state index in [4.69, 9.17) is 0 Å². The first-order valence-electron chi connectivity index (χ1n) is 5.56. The maximum atomic E-state index is 13.5. The molecule has 0 saturated heterocycles. The maximum absolute atomic E-state index is 13.5. The van der Waals surface area contributed by atoms with E-state index >= 15 is 0 Å². The number of hydrogen-bond donors (Lipinski definition) is 0. The molecule has 1 aromatic carbocycles. The molecular weight excluding hydrogens is 274 g/mol. The van der Waals surface area contributed by atoms with Gasteiger partial charge in [0.05, 0.1) is 0 Å². The summed E-state index contributed by atoms with van der Waals surface area (Å²) in [6.07, 6.45) is 3.84. The minimum Gasteiger partial charge on any atom is -0.207 e. The quantitative estimate of drug-likeness (QED) is 0.705. The molecule has 0 aromatic heterocycles. The topological polar surface area (TPSA) is 0 Å². The second-order valence-corrected chi connectivity index (χ2v) is 6.36. The van der Waals surface area contributed by atoms with Gasteiger partial charge in [-0.3, -0.25) is 0 Å². The highest BCUT2D eigenvalue weighted by Crippen LogP contribution is 2.43. The molecule has 0 spiro atoms. The maximum Gasteiger partial charge on any atom is 0.126 e. The Hall–Kier alpha value is -0.440. The molecule has 0 heterocycles. The van der Waals surface area contributed by atoms with Gasteiger partial charge < -0.3 is 0 Å². The van der Waals surface area contributed by atoms with E-state index in [9.17, 15) is 8.78 Å². The van der Waals surface area contributed by atoms with Gasteiger partial charge in [-0.15, -0.1) is 0 Å². The number of alkyl halides is 1. The van der Waals surface area contributed by atoms with E-state index in [1.807, 2.05) is 0 Å². The summed E-state index contributed by atoms with van der Waals surface area (Å²) < 4.78 is 26.6. The van der Waals surface area contributed by atoms with Crippen LogP contribution in [0.3, 0.4) is 0 Å². The van der Waals surface area contributed by atoms with E-state index in [0.29, 0.717) is 16.8 Å². The molecule has 0 nitrogen and oxygen atoms in total. The van der Waals surface area contributed by atoms with Crippen LogP contribution in [0.5, 0.6) is 0 Å². The molecule has 1 fully saturated rings. The van der Waals surface area contributed by atoms with Crippen molar-refractivity contribution >= 4 is 15.9 Å². The Bertz CT molecular complexity index is 392. The molecule has 1 aliphatic carbocycles. The van der Waals surface area contributed by atoms with Crippen molar-refractivity contribution in [3.05, 3.63) is 35.4 Å². The van der Waals surface area contributed by atoms with Crippen LogP contribution in [0.25, 0.3) is 0 Å². The van der Waals surface area contributed by atoms with Crippen LogP contribution in [0.15, 0.2) is 18.2 Å². The molecule has 2 rings (SSSR count). The Morgan fingerprint density at radius 2 is 2.19 bits per heavy atom. The standard InChI is InChI=1S/C13H15BrF2/c1-13(5-4-10(14)8-13)7-9-6-11(15)2-3-12(9)16/h2-3,6,10H,4-5,7-8H2,1H3. The Balaban J connectivity index is 2.17. The highest BCUT2D eigenvalue weighted by molar-refractivity contribution is 9.09. The predicted molar refractivity (Wildman–Crippen MR) is 64.7 cm³/mol. The first-order chi connectivity index (χ1) is 7.48. The molecule has 1 aliphatic rings. The van der Waals surface area contributed by atoms with Crippen LogP contribution >= 0.6 is 15.9 Å². The third-order valence-corrected chi connectivity index (χ3v) is 4.18. The Kier molecular flexibility index (Phi) is 3.34. The van der Waals surface area contributed by atoms with Gasteiger partial charge in [0, 0.05) is 4.83 Å². The third-order valence-electron chi connectivity index (χ3n) is 3.40. The zero-order chi connectivity index (χ0) is 11.8. The van der Waals surface area contributed by atoms with Gasteiger partial charge >= 0.3 is 0 Å². The summed E-state index contributed by atoms with van der Waals surface area (Å²) in [6.45, 7) is 2.15. The summed E-state index contributed by atoms with van der Waals surface area (Å²) in [4.78, 5) is 0.522. The zero-order valence-corrected chi connectivity index (χ0v) is 10.9. The summed E-state index contributed by atoms with van der Waals surface area (Å²) in [7, 11) is 0. The summed E-state index contributed by atoms with van der Waals surface area (Å²) >= 11 is 3.59. The third kappa shape index (κ3) is 2.62. The number of hydrogen-bond acceptors (Lipinski definition) is 0. The van der Waals surface area contributed by atoms with Crippen molar-refractivity contribution in [2.75, 3.05) is 0 Å². The number of benzene rings is 1. The van der Waals surface area contributed by atoms with Gasteiger partial charge in [0.2, 0.25) is 0 Å². The smallest absolute Gasteiger partial charge is 0.126 e. The average Bonchev–Trinajstić information content (AvgIpc) is 2.52. The fraction of sp³-hybridized carbons (Fsp3) is 0.538. The summed E-state index contributed by atoms with van der Waals surface area (Å²) in [5.74, 6) is -0.644.